The number of aromatic nitrogens is 1. The van der Waals surface area contributed by atoms with Crippen molar-refractivity contribution in [2.24, 2.45) is 0 Å². The van der Waals surface area contributed by atoms with Crippen molar-refractivity contribution in [3.05, 3.63) is 46.6 Å². The Kier molecular flexibility index (Phi) is 6.45. The summed E-state index contributed by atoms with van der Waals surface area (Å²) in [4.78, 5) is 34.8. The van der Waals surface area contributed by atoms with Gasteiger partial charge in [0.1, 0.15) is 43.0 Å². The predicted octanol–water partition coefficient (Wildman–Crippen LogP) is -0.868. The second kappa shape index (κ2) is 9.30. The highest BCUT2D eigenvalue weighted by Crippen LogP contribution is 2.47. The number of carbonyl (C=O) groups is 2. The SMILES string of the molecule is BC(B)(Oc1cnc2c(c1)CCC(=O)N2[C@H]1C[C@@](C)(O)C1)C(B)(B)N1CCC2(CC1)C(=O)Nc1ccc(Cl)cc12. The lowest BCUT2D eigenvalue weighted by Crippen LogP contribution is -2.71. The Bertz CT molecular complexity index is 1390. The molecule has 0 bridgehead atoms. The molecule has 4 heterocycles. The van der Waals surface area contributed by atoms with Crippen LogP contribution in [0.5, 0.6) is 5.75 Å². The molecular formula is C27H35B4ClN4O4. The monoisotopic (exact) mass is 558 g/mol. The fraction of sp³-hybridized carbons (Fsp3) is 0.519. The molecule has 8 nitrogen and oxygen atoms in total. The first-order valence-electron chi connectivity index (χ1n) is 14.3. The minimum absolute atomic E-state index is 0.0106. The van der Waals surface area contributed by atoms with E-state index in [1.165, 1.54) is 0 Å². The van der Waals surface area contributed by atoms with E-state index in [2.05, 4.69) is 41.6 Å². The first kappa shape index (κ1) is 27.7. The summed E-state index contributed by atoms with van der Waals surface area (Å²) in [6, 6.07) is 7.66. The third-order valence-electron chi connectivity index (χ3n) is 10.2. The Hall–Kier alpha value is -2.42. The average molecular weight is 558 g/mol. The van der Waals surface area contributed by atoms with Crippen molar-refractivity contribution in [3.63, 3.8) is 0 Å². The van der Waals surface area contributed by atoms with E-state index < -0.39 is 16.4 Å². The Balaban J connectivity index is 1.17. The number of amides is 2. The zero-order chi connectivity index (χ0) is 28.7. The zero-order valence-corrected chi connectivity index (χ0v) is 24.8. The van der Waals surface area contributed by atoms with E-state index in [1.807, 2.05) is 31.2 Å². The molecule has 1 aromatic heterocycles. The maximum Gasteiger partial charge on any atom is 0.235 e. The fourth-order valence-electron chi connectivity index (χ4n) is 7.06. The van der Waals surface area contributed by atoms with Crippen molar-refractivity contribution >= 4 is 66.3 Å². The lowest BCUT2D eigenvalue weighted by Gasteiger charge is -2.53. The van der Waals surface area contributed by atoms with Gasteiger partial charge in [0, 0.05) is 28.6 Å². The van der Waals surface area contributed by atoms with Gasteiger partial charge in [-0.15, -0.1) is 0 Å². The van der Waals surface area contributed by atoms with Gasteiger partial charge in [-0.2, -0.15) is 0 Å². The first-order valence-corrected chi connectivity index (χ1v) is 14.7. The average Bonchev–Trinajstić information content (AvgIpc) is 3.13. The number of nitrogens with zero attached hydrogens (tertiary/aromatic N) is 3. The fourth-order valence-corrected chi connectivity index (χ4v) is 7.23. The van der Waals surface area contributed by atoms with Crippen LogP contribution >= 0.6 is 11.6 Å². The van der Waals surface area contributed by atoms with Crippen LogP contribution in [0.2, 0.25) is 5.02 Å². The summed E-state index contributed by atoms with van der Waals surface area (Å²) in [7, 11) is 8.58. The number of fused-ring (bicyclic) bond motifs is 3. The van der Waals surface area contributed by atoms with E-state index in [0.29, 0.717) is 55.1 Å². The van der Waals surface area contributed by atoms with Crippen LogP contribution in [0.3, 0.4) is 0 Å². The normalized spacial score (nSPS) is 26.2. The summed E-state index contributed by atoms with van der Waals surface area (Å²) in [6.45, 7) is 3.32. The van der Waals surface area contributed by atoms with Crippen LogP contribution in [0.15, 0.2) is 30.5 Å². The van der Waals surface area contributed by atoms with Gasteiger partial charge < -0.3 is 20.1 Å². The van der Waals surface area contributed by atoms with Crippen LogP contribution in [-0.2, 0) is 21.4 Å². The van der Waals surface area contributed by atoms with Gasteiger partial charge in [0.25, 0.3) is 0 Å². The number of carbonyl (C=O) groups excluding carboxylic acids is 2. The van der Waals surface area contributed by atoms with Crippen molar-refractivity contribution in [1.82, 2.24) is 9.88 Å². The smallest absolute Gasteiger partial charge is 0.235 e. The van der Waals surface area contributed by atoms with Gasteiger partial charge in [-0.25, -0.2) is 4.98 Å². The molecule has 6 rings (SSSR count). The highest BCUT2D eigenvalue weighted by Gasteiger charge is 2.52. The Labute approximate surface area is 244 Å². The van der Waals surface area contributed by atoms with Gasteiger partial charge >= 0.3 is 0 Å². The number of piperidine rings is 1. The van der Waals surface area contributed by atoms with Crippen LogP contribution < -0.4 is 15.0 Å². The second-order valence-electron chi connectivity index (χ2n) is 13.4. The topological polar surface area (TPSA) is 95.0 Å². The van der Waals surface area contributed by atoms with Crippen LogP contribution in [0, 0.1) is 0 Å². The quantitative estimate of drug-likeness (QED) is 0.464. The molecule has 0 unspecified atom stereocenters. The third kappa shape index (κ3) is 4.38. The molecular weight excluding hydrogens is 523 g/mol. The lowest BCUT2D eigenvalue weighted by molar-refractivity contribution is -0.123. The van der Waals surface area contributed by atoms with Gasteiger partial charge in [-0.3, -0.25) is 14.5 Å². The van der Waals surface area contributed by atoms with Crippen LogP contribution in [0.4, 0.5) is 11.5 Å². The van der Waals surface area contributed by atoms with E-state index in [0.717, 1.165) is 29.9 Å². The number of halogens is 1. The van der Waals surface area contributed by atoms with Crippen molar-refractivity contribution in [2.45, 2.75) is 73.2 Å². The maximum atomic E-state index is 13.1. The molecule has 0 radical (unpaired) electrons. The predicted molar refractivity (Wildman–Crippen MR) is 167 cm³/mol. The van der Waals surface area contributed by atoms with Crippen molar-refractivity contribution < 1.29 is 19.4 Å². The molecule has 0 atom stereocenters. The van der Waals surface area contributed by atoms with Gasteiger partial charge in [0.2, 0.25) is 11.8 Å². The number of nitrogens with one attached hydrogen (secondary N) is 1. The number of hydrogen-bond acceptors (Lipinski definition) is 6. The standard InChI is InChI=1S/C27H35B4ClN4O4/c1-24(39)12-17(13-24)36-21(37)5-2-15-10-18(14-33-22(15)36)40-27(30,31)26(28,29)35-8-6-25(7-9-35)19-11-16(32)3-4-20(19)34-23(25)38/h3-4,10-11,14,17,39H,2,5-9,12-13,28-31H2,1H3,(H,34,38)/t17-,24+. The molecule has 1 spiro atoms. The van der Waals surface area contributed by atoms with Gasteiger partial charge in [0.05, 0.1) is 17.2 Å². The highest BCUT2D eigenvalue weighted by atomic mass is 35.5. The van der Waals surface area contributed by atoms with E-state index in [-0.39, 0.29) is 23.2 Å². The summed E-state index contributed by atoms with van der Waals surface area (Å²) in [6.07, 6.45) is 5.34. The molecule has 13 heteroatoms. The van der Waals surface area contributed by atoms with Crippen molar-refractivity contribution in [3.8, 4) is 5.75 Å². The summed E-state index contributed by atoms with van der Waals surface area (Å²) < 4.78 is 6.65. The van der Waals surface area contributed by atoms with Crippen molar-refractivity contribution in [2.75, 3.05) is 23.3 Å². The largest absolute Gasteiger partial charge is 0.503 e. The molecule has 1 aromatic carbocycles. The number of likely N-dealkylation sites (tertiary alicyclic amines) is 1. The van der Waals surface area contributed by atoms with Crippen LogP contribution in [0.25, 0.3) is 0 Å². The molecule has 2 N–H and O–H groups in total. The molecule has 3 aliphatic heterocycles. The molecule has 2 aromatic rings. The van der Waals surface area contributed by atoms with Crippen LogP contribution in [-0.4, -0.2) is 93.7 Å². The summed E-state index contributed by atoms with van der Waals surface area (Å²) in [5.41, 5.74) is 1.62. The highest BCUT2D eigenvalue weighted by molar-refractivity contribution is 6.54. The number of aliphatic hydroxyl groups is 1. The Morgan fingerprint density at radius 1 is 1.12 bits per heavy atom. The number of hydrogen-bond donors (Lipinski definition) is 2. The van der Waals surface area contributed by atoms with E-state index in [4.69, 9.17) is 21.3 Å². The molecule has 4 aliphatic rings. The molecule has 1 aliphatic carbocycles. The molecule has 1 saturated heterocycles. The van der Waals surface area contributed by atoms with Gasteiger partial charge in [0.15, 0.2) is 0 Å². The summed E-state index contributed by atoms with van der Waals surface area (Å²) in [5, 5.41) is 13.0. The van der Waals surface area contributed by atoms with Gasteiger partial charge in [-0.05, 0) is 92.8 Å². The lowest BCUT2D eigenvalue weighted by atomic mass is 9.39. The third-order valence-corrected chi connectivity index (χ3v) is 10.4. The van der Waals surface area contributed by atoms with Gasteiger partial charge in [-0.1, -0.05) is 11.6 Å². The molecule has 40 heavy (non-hydrogen) atoms. The Morgan fingerprint density at radius 3 is 2.50 bits per heavy atom. The number of benzene rings is 1. The first-order chi connectivity index (χ1) is 18.7. The molecule has 1 saturated carbocycles. The number of rotatable bonds is 5. The zero-order valence-electron chi connectivity index (χ0n) is 24.0. The number of aryl methyl sites for hydroxylation is 1. The number of anilines is 2. The van der Waals surface area contributed by atoms with E-state index in [1.54, 1.807) is 11.1 Å². The number of ether oxygens (including phenoxy) is 1. The molecule has 2 fully saturated rings. The maximum absolute atomic E-state index is 13.1. The minimum atomic E-state index is -0.715. The summed E-state index contributed by atoms with van der Waals surface area (Å²) in [5.74, 6) is 1.51. The molecule has 206 valence electrons. The minimum Gasteiger partial charge on any atom is -0.503 e. The molecule has 2 amide bonds. The van der Waals surface area contributed by atoms with Crippen LogP contribution in [0.1, 0.15) is 50.2 Å². The Morgan fingerprint density at radius 2 is 1.82 bits per heavy atom. The van der Waals surface area contributed by atoms with E-state index >= 15 is 0 Å². The number of pyridine rings is 1. The second-order valence-corrected chi connectivity index (χ2v) is 13.8. The van der Waals surface area contributed by atoms with Crippen molar-refractivity contribution in [1.29, 1.82) is 0 Å². The summed E-state index contributed by atoms with van der Waals surface area (Å²) >= 11 is 6.31. The van der Waals surface area contributed by atoms with E-state index in [9.17, 15) is 14.7 Å².